The van der Waals surface area contributed by atoms with Crippen molar-refractivity contribution >= 4 is 17.0 Å². The molecule has 92 valence electrons. The van der Waals surface area contributed by atoms with Crippen LogP contribution in [0.4, 0.5) is 0 Å². The van der Waals surface area contributed by atoms with Gasteiger partial charge in [-0.2, -0.15) is 0 Å². The Hall–Kier alpha value is -2.17. The lowest BCUT2D eigenvalue weighted by atomic mass is 10.2. The maximum Gasteiger partial charge on any atom is 0.341 e. The van der Waals surface area contributed by atoms with Crippen molar-refractivity contribution in [3.63, 3.8) is 0 Å². The van der Waals surface area contributed by atoms with E-state index in [4.69, 9.17) is 5.11 Å². The van der Waals surface area contributed by atoms with Crippen LogP contribution in [0.15, 0.2) is 23.1 Å². The minimum absolute atomic E-state index is 0.181. The minimum Gasteiger partial charge on any atom is -0.477 e. The van der Waals surface area contributed by atoms with Crippen LogP contribution in [0, 0.1) is 6.92 Å². The maximum atomic E-state index is 12.0. The van der Waals surface area contributed by atoms with Gasteiger partial charge in [-0.1, -0.05) is 0 Å². The Bertz CT molecular complexity index is 714. The summed E-state index contributed by atoms with van der Waals surface area (Å²) in [6.07, 6.45) is 3.44. The van der Waals surface area contributed by atoms with Gasteiger partial charge in [0.25, 0.3) is 0 Å². The molecule has 1 saturated carbocycles. The molecule has 2 heterocycles. The number of carbonyl (C=O) groups is 1. The van der Waals surface area contributed by atoms with Crippen LogP contribution in [0.3, 0.4) is 0 Å². The van der Waals surface area contributed by atoms with Gasteiger partial charge in [-0.25, -0.2) is 9.78 Å². The molecule has 1 aliphatic rings. The molecule has 1 aliphatic carbocycles. The van der Waals surface area contributed by atoms with Crippen LogP contribution in [0.5, 0.6) is 0 Å². The number of aromatic carboxylic acids is 1. The maximum absolute atomic E-state index is 12.0. The van der Waals surface area contributed by atoms with Crippen molar-refractivity contribution in [1.29, 1.82) is 0 Å². The summed E-state index contributed by atoms with van der Waals surface area (Å²) in [5, 5.41) is 9.45. The first-order chi connectivity index (χ1) is 8.58. The number of nitrogens with zero attached hydrogens (tertiary/aromatic N) is 2. The van der Waals surface area contributed by atoms with E-state index >= 15 is 0 Å². The molecule has 2 aromatic heterocycles. The number of aryl methyl sites for hydroxylation is 1. The second kappa shape index (κ2) is 3.66. The zero-order chi connectivity index (χ0) is 12.9. The highest BCUT2D eigenvalue weighted by Crippen LogP contribution is 2.36. The number of rotatable bonds is 2. The first-order valence-electron chi connectivity index (χ1n) is 5.83. The van der Waals surface area contributed by atoms with Gasteiger partial charge in [-0.3, -0.25) is 4.79 Å². The van der Waals surface area contributed by atoms with Crippen molar-refractivity contribution in [2.45, 2.75) is 25.8 Å². The Kier molecular flexibility index (Phi) is 2.23. The quantitative estimate of drug-likeness (QED) is 0.873. The number of pyridine rings is 2. The second-order valence-electron chi connectivity index (χ2n) is 4.64. The van der Waals surface area contributed by atoms with Crippen molar-refractivity contribution in [3.8, 4) is 0 Å². The molecule has 0 bridgehead atoms. The first kappa shape index (κ1) is 11.0. The van der Waals surface area contributed by atoms with E-state index in [9.17, 15) is 9.59 Å². The van der Waals surface area contributed by atoms with Gasteiger partial charge in [-0.15, -0.1) is 0 Å². The fraction of sp³-hybridized carbons (Fsp3) is 0.308. The zero-order valence-corrected chi connectivity index (χ0v) is 9.88. The van der Waals surface area contributed by atoms with E-state index in [0.29, 0.717) is 11.0 Å². The lowest BCUT2D eigenvalue weighted by molar-refractivity contribution is 0.0695. The van der Waals surface area contributed by atoms with Crippen molar-refractivity contribution in [1.82, 2.24) is 9.55 Å². The SMILES string of the molecule is Cc1ccc2c(=O)c(C(=O)O)cn(C3CC3)c2n1. The van der Waals surface area contributed by atoms with Crippen LogP contribution in [0.1, 0.15) is 34.9 Å². The standard InChI is InChI=1S/C13H12N2O3/c1-7-2-5-9-11(16)10(13(17)18)6-15(8-3-4-8)12(9)14-7/h2,5-6,8H,3-4H2,1H3,(H,17,18). The zero-order valence-electron chi connectivity index (χ0n) is 9.88. The fourth-order valence-electron chi connectivity index (χ4n) is 2.10. The van der Waals surface area contributed by atoms with Gasteiger partial charge in [0.2, 0.25) is 5.43 Å². The van der Waals surface area contributed by atoms with Crippen molar-refractivity contribution in [2.75, 3.05) is 0 Å². The summed E-state index contributed by atoms with van der Waals surface area (Å²) in [6, 6.07) is 3.67. The third kappa shape index (κ3) is 1.59. The minimum atomic E-state index is -1.18. The lowest BCUT2D eigenvalue weighted by Gasteiger charge is -2.10. The number of hydrogen-bond acceptors (Lipinski definition) is 3. The molecule has 0 spiro atoms. The summed E-state index contributed by atoms with van der Waals surface area (Å²) in [5.41, 5.74) is 0.772. The molecular formula is C13H12N2O3. The van der Waals surface area contributed by atoms with E-state index in [1.807, 2.05) is 11.5 Å². The Morgan fingerprint density at radius 2 is 2.17 bits per heavy atom. The van der Waals surface area contributed by atoms with Crippen molar-refractivity contribution in [3.05, 3.63) is 39.8 Å². The van der Waals surface area contributed by atoms with E-state index in [2.05, 4.69) is 4.98 Å². The number of aromatic nitrogens is 2. The molecular weight excluding hydrogens is 232 g/mol. The van der Waals surface area contributed by atoms with Crippen LogP contribution >= 0.6 is 0 Å². The van der Waals surface area contributed by atoms with E-state index in [1.165, 1.54) is 6.20 Å². The van der Waals surface area contributed by atoms with Gasteiger partial charge < -0.3 is 9.67 Å². The molecule has 1 N–H and O–H groups in total. The van der Waals surface area contributed by atoms with E-state index in [1.54, 1.807) is 12.1 Å². The van der Waals surface area contributed by atoms with Gasteiger partial charge in [-0.05, 0) is 31.9 Å². The van der Waals surface area contributed by atoms with E-state index in [-0.39, 0.29) is 11.6 Å². The molecule has 0 aliphatic heterocycles. The lowest BCUT2D eigenvalue weighted by Crippen LogP contribution is -2.19. The molecule has 0 saturated heterocycles. The summed E-state index contributed by atoms with van der Waals surface area (Å²) in [4.78, 5) is 27.5. The van der Waals surface area contributed by atoms with E-state index in [0.717, 1.165) is 18.5 Å². The van der Waals surface area contributed by atoms with Crippen LogP contribution in [0.25, 0.3) is 11.0 Å². The molecule has 5 nitrogen and oxygen atoms in total. The largest absolute Gasteiger partial charge is 0.477 e. The molecule has 2 aromatic rings. The number of carboxylic acids is 1. The van der Waals surface area contributed by atoms with Crippen LogP contribution < -0.4 is 5.43 Å². The average Bonchev–Trinajstić information content (AvgIpc) is 3.13. The third-order valence-corrected chi connectivity index (χ3v) is 3.19. The second-order valence-corrected chi connectivity index (χ2v) is 4.64. The average molecular weight is 244 g/mol. The summed E-state index contributed by atoms with van der Waals surface area (Å²) in [7, 11) is 0. The predicted octanol–water partition coefficient (Wildman–Crippen LogP) is 1.74. The van der Waals surface area contributed by atoms with Crippen LogP contribution in [-0.2, 0) is 0 Å². The number of hydrogen-bond donors (Lipinski definition) is 1. The van der Waals surface area contributed by atoms with Gasteiger partial charge >= 0.3 is 5.97 Å². The summed E-state index contributed by atoms with van der Waals surface area (Å²) in [5.74, 6) is -1.18. The van der Waals surface area contributed by atoms with Crippen LogP contribution in [0.2, 0.25) is 0 Å². The molecule has 5 heteroatoms. The van der Waals surface area contributed by atoms with Crippen molar-refractivity contribution < 1.29 is 9.90 Å². The normalized spacial score (nSPS) is 14.9. The number of carboxylic acid groups (broad SMARTS) is 1. The summed E-state index contributed by atoms with van der Waals surface area (Å²) < 4.78 is 1.83. The summed E-state index contributed by atoms with van der Waals surface area (Å²) in [6.45, 7) is 1.85. The van der Waals surface area contributed by atoms with Gasteiger partial charge in [0.15, 0.2) is 0 Å². The van der Waals surface area contributed by atoms with Gasteiger partial charge in [0.1, 0.15) is 11.2 Å². The van der Waals surface area contributed by atoms with E-state index < -0.39 is 11.4 Å². The van der Waals surface area contributed by atoms with Gasteiger partial charge in [0.05, 0.1) is 5.39 Å². The predicted molar refractivity (Wildman–Crippen MR) is 66.0 cm³/mol. The number of fused-ring (bicyclic) bond motifs is 1. The third-order valence-electron chi connectivity index (χ3n) is 3.19. The Morgan fingerprint density at radius 3 is 2.78 bits per heavy atom. The van der Waals surface area contributed by atoms with Gasteiger partial charge in [0, 0.05) is 17.9 Å². The Balaban J connectivity index is 2.43. The highest BCUT2D eigenvalue weighted by atomic mass is 16.4. The monoisotopic (exact) mass is 244 g/mol. The summed E-state index contributed by atoms with van der Waals surface area (Å²) >= 11 is 0. The molecule has 1 fully saturated rings. The molecule has 0 amide bonds. The Labute approximate surface area is 103 Å². The molecule has 3 rings (SSSR count). The fourth-order valence-corrected chi connectivity index (χ4v) is 2.10. The molecule has 0 unspecified atom stereocenters. The molecule has 18 heavy (non-hydrogen) atoms. The highest BCUT2D eigenvalue weighted by Gasteiger charge is 2.27. The van der Waals surface area contributed by atoms with Crippen LogP contribution in [-0.4, -0.2) is 20.6 Å². The Morgan fingerprint density at radius 1 is 1.44 bits per heavy atom. The molecule has 0 radical (unpaired) electrons. The smallest absolute Gasteiger partial charge is 0.341 e. The van der Waals surface area contributed by atoms with Crippen molar-refractivity contribution in [2.24, 2.45) is 0 Å². The molecule has 0 atom stereocenters. The first-order valence-corrected chi connectivity index (χ1v) is 5.83. The topological polar surface area (TPSA) is 72.2 Å². The molecule has 0 aromatic carbocycles. The highest BCUT2D eigenvalue weighted by molar-refractivity contribution is 5.91.